The summed E-state index contributed by atoms with van der Waals surface area (Å²) in [6.45, 7) is 9.21. The second-order valence-corrected chi connectivity index (χ2v) is 5.29. The maximum atomic E-state index is 11.1. The Morgan fingerprint density at radius 2 is 1.83 bits per heavy atom. The summed E-state index contributed by atoms with van der Waals surface area (Å²) in [4.78, 5) is 15.6. The Morgan fingerprint density at radius 3 is 2.33 bits per heavy atom. The van der Waals surface area contributed by atoms with Crippen molar-refractivity contribution in [3.8, 4) is 0 Å². The molecule has 0 saturated carbocycles. The highest BCUT2D eigenvalue weighted by Gasteiger charge is 2.24. The van der Waals surface area contributed by atoms with Gasteiger partial charge >= 0.3 is 5.97 Å². The van der Waals surface area contributed by atoms with E-state index < -0.39 is 5.60 Å². The van der Waals surface area contributed by atoms with Crippen molar-refractivity contribution in [3.05, 3.63) is 0 Å². The van der Waals surface area contributed by atoms with Crippen molar-refractivity contribution >= 4 is 5.97 Å². The first-order chi connectivity index (χ1) is 8.46. The number of hydrogen-bond acceptors (Lipinski definition) is 5. The molecule has 5 nitrogen and oxygen atoms in total. The van der Waals surface area contributed by atoms with Crippen LogP contribution in [-0.4, -0.2) is 72.9 Å². The lowest BCUT2D eigenvalue weighted by Gasteiger charge is -2.37. The van der Waals surface area contributed by atoms with E-state index in [0.717, 1.165) is 45.7 Å². The van der Waals surface area contributed by atoms with Crippen molar-refractivity contribution in [1.82, 2.24) is 9.80 Å². The number of aliphatic hydroxyl groups is 1. The second-order valence-electron chi connectivity index (χ2n) is 5.29. The fraction of sp³-hybridized carbons (Fsp3) is 0.923. The van der Waals surface area contributed by atoms with Gasteiger partial charge in [-0.2, -0.15) is 0 Å². The molecule has 1 N–H and O–H groups in total. The van der Waals surface area contributed by atoms with Gasteiger partial charge in [0, 0.05) is 39.3 Å². The topological polar surface area (TPSA) is 53.0 Å². The highest BCUT2D eigenvalue weighted by atomic mass is 16.5. The van der Waals surface area contributed by atoms with Crippen LogP contribution in [0.1, 0.15) is 26.7 Å². The zero-order chi connectivity index (χ0) is 13.6. The normalized spacial score (nSPS) is 21.6. The van der Waals surface area contributed by atoms with Gasteiger partial charge in [-0.15, -0.1) is 0 Å². The van der Waals surface area contributed by atoms with Crippen LogP contribution < -0.4 is 0 Å². The van der Waals surface area contributed by atoms with E-state index in [0.29, 0.717) is 6.42 Å². The number of carbonyl (C=O) groups is 1. The van der Waals surface area contributed by atoms with Crippen molar-refractivity contribution in [2.45, 2.75) is 32.3 Å². The molecule has 0 amide bonds. The Hall–Kier alpha value is -0.650. The van der Waals surface area contributed by atoms with Gasteiger partial charge in [-0.25, -0.2) is 0 Å². The molecular formula is C13H26N2O3. The van der Waals surface area contributed by atoms with Crippen molar-refractivity contribution in [1.29, 1.82) is 0 Å². The molecule has 1 rings (SSSR count). The predicted molar refractivity (Wildman–Crippen MR) is 70.4 cm³/mol. The third-order valence-electron chi connectivity index (χ3n) is 3.65. The van der Waals surface area contributed by atoms with Crippen molar-refractivity contribution in [2.24, 2.45) is 0 Å². The fourth-order valence-corrected chi connectivity index (χ4v) is 2.12. The van der Waals surface area contributed by atoms with E-state index in [2.05, 4.69) is 14.5 Å². The Bertz CT molecular complexity index is 261. The molecule has 106 valence electrons. The quantitative estimate of drug-likeness (QED) is 0.696. The fourth-order valence-electron chi connectivity index (χ4n) is 2.12. The van der Waals surface area contributed by atoms with Crippen LogP contribution in [0, 0.1) is 0 Å². The van der Waals surface area contributed by atoms with Gasteiger partial charge in [-0.1, -0.05) is 6.92 Å². The molecule has 0 radical (unpaired) electrons. The molecule has 0 aromatic rings. The minimum absolute atomic E-state index is 0.147. The minimum Gasteiger partial charge on any atom is -0.469 e. The van der Waals surface area contributed by atoms with Crippen LogP contribution in [-0.2, 0) is 9.53 Å². The number of rotatable bonds is 6. The molecule has 0 aliphatic carbocycles. The average molecular weight is 258 g/mol. The highest BCUT2D eigenvalue weighted by molar-refractivity contribution is 5.69. The van der Waals surface area contributed by atoms with Gasteiger partial charge < -0.3 is 14.7 Å². The minimum atomic E-state index is -0.589. The summed E-state index contributed by atoms with van der Waals surface area (Å²) >= 11 is 0. The molecule has 18 heavy (non-hydrogen) atoms. The lowest BCUT2D eigenvalue weighted by Crippen LogP contribution is -2.51. The second kappa shape index (κ2) is 7.07. The summed E-state index contributed by atoms with van der Waals surface area (Å²) in [6.07, 6.45) is 1.23. The molecule has 0 spiro atoms. The Morgan fingerprint density at radius 1 is 1.28 bits per heavy atom. The van der Waals surface area contributed by atoms with Gasteiger partial charge in [0.15, 0.2) is 0 Å². The maximum absolute atomic E-state index is 11.1. The van der Waals surface area contributed by atoms with E-state index in [-0.39, 0.29) is 5.97 Å². The number of esters is 1. The number of piperazine rings is 1. The molecule has 0 bridgehead atoms. The van der Waals surface area contributed by atoms with Gasteiger partial charge in [0.05, 0.1) is 19.1 Å². The Kier molecular flexibility index (Phi) is 6.05. The first kappa shape index (κ1) is 15.4. The van der Waals surface area contributed by atoms with Crippen LogP contribution in [0.15, 0.2) is 0 Å². The van der Waals surface area contributed by atoms with Crippen LogP contribution in [0.2, 0.25) is 0 Å². The van der Waals surface area contributed by atoms with Crippen LogP contribution in [0.25, 0.3) is 0 Å². The molecule has 5 heteroatoms. The third-order valence-corrected chi connectivity index (χ3v) is 3.65. The highest BCUT2D eigenvalue weighted by Crippen LogP contribution is 2.12. The van der Waals surface area contributed by atoms with Crippen molar-refractivity contribution in [3.63, 3.8) is 0 Å². The number of hydrogen-bond donors (Lipinski definition) is 1. The first-order valence-electron chi connectivity index (χ1n) is 6.71. The molecule has 1 unspecified atom stereocenters. The van der Waals surface area contributed by atoms with E-state index in [1.807, 2.05) is 13.8 Å². The summed E-state index contributed by atoms with van der Waals surface area (Å²) in [5.74, 6) is -0.147. The molecule has 1 aliphatic rings. The molecule has 1 atom stereocenters. The van der Waals surface area contributed by atoms with E-state index in [1.54, 1.807) is 0 Å². The van der Waals surface area contributed by atoms with E-state index in [4.69, 9.17) is 0 Å². The summed E-state index contributed by atoms with van der Waals surface area (Å²) in [6, 6.07) is 0. The smallest absolute Gasteiger partial charge is 0.306 e. The zero-order valence-electron chi connectivity index (χ0n) is 11.8. The molecule has 1 heterocycles. The molecule has 1 fully saturated rings. The lowest BCUT2D eigenvalue weighted by atomic mass is 10.0. The van der Waals surface area contributed by atoms with Crippen molar-refractivity contribution in [2.75, 3.05) is 46.4 Å². The number of methoxy groups -OCH3 is 1. The summed E-state index contributed by atoms with van der Waals surface area (Å²) in [5.41, 5.74) is -0.589. The van der Waals surface area contributed by atoms with E-state index in [9.17, 15) is 9.90 Å². The number of β-amino-alcohol motifs (C(OH)–C–C–N with tert-alkyl or cyclic N) is 1. The van der Waals surface area contributed by atoms with Crippen LogP contribution in [0.3, 0.4) is 0 Å². The van der Waals surface area contributed by atoms with Gasteiger partial charge in [0.2, 0.25) is 0 Å². The molecular weight excluding hydrogens is 232 g/mol. The number of ether oxygens (including phenoxy) is 1. The number of nitrogens with zero attached hydrogens (tertiary/aromatic N) is 2. The third kappa shape index (κ3) is 5.33. The van der Waals surface area contributed by atoms with Gasteiger partial charge in [0.1, 0.15) is 0 Å². The Labute approximate surface area is 110 Å². The van der Waals surface area contributed by atoms with Crippen molar-refractivity contribution < 1.29 is 14.6 Å². The summed E-state index contributed by atoms with van der Waals surface area (Å²) < 4.78 is 4.63. The Balaban J connectivity index is 2.22. The molecule has 1 saturated heterocycles. The SMILES string of the molecule is CCC(C)(O)CN1CCN(CCC(=O)OC)CC1. The average Bonchev–Trinajstić information content (AvgIpc) is 2.37. The lowest BCUT2D eigenvalue weighted by molar-refractivity contribution is -0.141. The molecule has 0 aromatic heterocycles. The number of carbonyl (C=O) groups excluding carboxylic acids is 1. The summed E-state index contributed by atoms with van der Waals surface area (Å²) in [7, 11) is 1.42. The molecule has 1 aliphatic heterocycles. The monoisotopic (exact) mass is 258 g/mol. The standard InChI is InChI=1S/C13H26N2O3/c1-4-13(2,17)11-15-9-7-14(8-10-15)6-5-12(16)18-3/h17H,4-11H2,1-3H3. The van der Waals surface area contributed by atoms with Crippen LogP contribution in [0.4, 0.5) is 0 Å². The maximum Gasteiger partial charge on any atom is 0.306 e. The van der Waals surface area contributed by atoms with Gasteiger partial charge in [0.25, 0.3) is 0 Å². The summed E-state index contributed by atoms with van der Waals surface area (Å²) in [5, 5.41) is 10.0. The predicted octanol–water partition coefficient (Wildman–Crippen LogP) is 0.328. The van der Waals surface area contributed by atoms with E-state index >= 15 is 0 Å². The molecule has 0 aromatic carbocycles. The van der Waals surface area contributed by atoms with Gasteiger partial charge in [-0.05, 0) is 13.3 Å². The largest absolute Gasteiger partial charge is 0.469 e. The first-order valence-corrected chi connectivity index (χ1v) is 6.71. The van der Waals surface area contributed by atoms with Crippen LogP contribution in [0.5, 0.6) is 0 Å². The van der Waals surface area contributed by atoms with Gasteiger partial charge in [-0.3, -0.25) is 9.69 Å². The van der Waals surface area contributed by atoms with E-state index in [1.165, 1.54) is 7.11 Å². The zero-order valence-corrected chi connectivity index (χ0v) is 11.8. The van der Waals surface area contributed by atoms with Crippen LogP contribution >= 0.6 is 0 Å².